The monoisotopic (exact) mass is 225 g/mol. The number of nitrogens with zero attached hydrogens (tertiary/aromatic N) is 2. The third-order valence-corrected chi connectivity index (χ3v) is 2.24. The van der Waals surface area contributed by atoms with Crippen molar-refractivity contribution >= 4 is 5.97 Å². The van der Waals surface area contributed by atoms with Crippen molar-refractivity contribution in [2.75, 3.05) is 6.61 Å². The molecule has 1 rings (SSSR count). The van der Waals surface area contributed by atoms with Gasteiger partial charge in [-0.1, -0.05) is 0 Å². The van der Waals surface area contributed by atoms with E-state index in [0.29, 0.717) is 12.3 Å². The zero-order valence-corrected chi connectivity index (χ0v) is 10.1. The Balaban J connectivity index is 2.78. The van der Waals surface area contributed by atoms with Gasteiger partial charge in [-0.2, -0.15) is 5.10 Å². The molecular formula is C11H19N3O2. The molecule has 5 nitrogen and oxygen atoms in total. The summed E-state index contributed by atoms with van der Waals surface area (Å²) in [4.78, 5) is 11.6. The number of hydrogen-bond donors (Lipinski definition) is 1. The molecule has 0 aromatic carbocycles. The van der Waals surface area contributed by atoms with Gasteiger partial charge in [0.2, 0.25) is 0 Å². The zero-order valence-electron chi connectivity index (χ0n) is 10.1. The lowest BCUT2D eigenvalue weighted by Crippen LogP contribution is -2.16. The Morgan fingerprint density at radius 2 is 2.38 bits per heavy atom. The molecule has 1 unspecified atom stereocenters. The summed E-state index contributed by atoms with van der Waals surface area (Å²) in [7, 11) is 1.79. The van der Waals surface area contributed by atoms with Crippen molar-refractivity contribution in [2.45, 2.75) is 32.7 Å². The third kappa shape index (κ3) is 3.34. The van der Waals surface area contributed by atoms with Crippen LogP contribution in [0.3, 0.4) is 0 Å². The molecule has 0 radical (unpaired) electrons. The van der Waals surface area contributed by atoms with Crippen LogP contribution in [-0.2, 0) is 18.2 Å². The summed E-state index contributed by atoms with van der Waals surface area (Å²) in [5, 5.41) is 4.11. The Kier molecular flexibility index (Phi) is 4.49. The highest BCUT2D eigenvalue weighted by molar-refractivity contribution is 5.88. The molecule has 0 fully saturated rings. The van der Waals surface area contributed by atoms with Gasteiger partial charge in [0.05, 0.1) is 6.61 Å². The summed E-state index contributed by atoms with van der Waals surface area (Å²) in [5.74, 6) is -0.359. The summed E-state index contributed by atoms with van der Waals surface area (Å²) in [6.07, 6.45) is 3.42. The molecule has 0 aliphatic rings. The van der Waals surface area contributed by atoms with E-state index < -0.39 is 0 Å². The van der Waals surface area contributed by atoms with Crippen LogP contribution in [0.1, 0.15) is 36.3 Å². The molecule has 1 aromatic heterocycles. The van der Waals surface area contributed by atoms with Crippen LogP contribution >= 0.6 is 0 Å². The Morgan fingerprint density at radius 3 is 2.94 bits per heavy atom. The van der Waals surface area contributed by atoms with E-state index in [1.807, 2.05) is 13.1 Å². The van der Waals surface area contributed by atoms with Crippen molar-refractivity contribution in [3.63, 3.8) is 0 Å². The average Bonchev–Trinajstić information content (AvgIpc) is 2.57. The fourth-order valence-corrected chi connectivity index (χ4v) is 1.47. The van der Waals surface area contributed by atoms with Crippen molar-refractivity contribution in [3.8, 4) is 0 Å². The van der Waals surface area contributed by atoms with E-state index in [1.54, 1.807) is 18.7 Å². The van der Waals surface area contributed by atoms with Crippen LogP contribution in [0.5, 0.6) is 0 Å². The fourth-order valence-electron chi connectivity index (χ4n) is 1.47. The van der Waals surface area contributed by atoms with Crippen LogP contribution in [0, 0.1) is 0 Å². The predicted octanol–water partition coefficient (Wildman–Crippen LogP) is 0.877. The number of nitrogens with two attached hydrogens (primary N) is 1. The van der Waals surface area contributed by atoms with Crippen LogP contribution in [0.2, 0.25) is 0 Å². The first-order valence-electron chi connectivity index (χ1n) is 5.49. The number of rotatable bonds is 5. The Bertz CT molecular complexity index is 358. The lowest BCUT2D eigenvalue weighted by atomic mass is 10.1. The first kappa shape index (κ1) is 12.7. The van der Waals surface area contributed by atoms with Crippen LogP contribution < -0.4 is 5.73 Å². The molecule has 1 atom stereocenters. The molecule has 16 heavy (non-hydrogen) atoms. The van der Waals surface area contributed by atoms with Crippen LogP contribution in [0.4, 0.5) is 0 Å². The Morgan fingerprint density at radius 1 is 1.69 bits per heavy atom. The smallest absolute Gasteiger partial charge is 0.359 e. The van der Waals surface area contributed by atoms with Gasteiger partial charge < -0.3 is 10.5 Å². The molecule has 0 saturated carbocycles. The van der Waals surface area contributed by atoms with Crippen LogP contribution in [-0.4, -0.2) is 28.4 Å². The number of esters is 1. The number of ether oxygens (including phenoxy) is 1. The van der Waals surface area contributed by atoms with Crippen LogP contribution in [0.25, 0.3) is 0 Å². The average molecular weight is 225 g/mol. The molecule has 0 amide bonds. The molecule has 5 heteroatoms. The summed E-state index contributed by atoms with van der Waals surface area (Å²) in [5.41, 5.74) is 7.00. The fraction of sp³-hybridized carbons (Fsp3) is 0.636. The molecule has 2 N–H and O–H groups in total. The lowest BCUT2D eigenvalue weighted by molar-refractivity contribution is 0.0517. The standard InChI is InChI=1S/C11H19N3O2/c1-4-16-11(15)10-9(6-5-8(2)12)7-14(3)13-10/h7-8H,4-6,12H2,1-3H3. The molecule has 1 aromatic rings. The second-order valence-corrected chi connectivity index (χ2v) is 3.91. The van der Waals surface area contributed by atoms with Crippen molar-refractivity contribution in [1.82, 2.24) is 9.78 Å². The van der Waals surface area contributed by atoms with Crippen molar-refractivity contribution in [1.29, 1.82) is 0 Å². The molecule has 90 valence electrons. The SMILES string of the molecule is CCOC(=O)c1nn(C)cc1CCC(C)N. The highest BCUT2D eigenvalue weighted by Gasteiger charge is 2.16. The maximum Gasteiger partial charge on any atom is 0.359 e. The number of carbonyl (C=O) groups excluding carboxylic acids is 1. The molecule has 0 aliphatic carbocycles. The van der Waals surface area contributed by atoms with Crippen LogP contribution in [0.15, 0.2) is 6.20 Å². The van der Waals surface area contributed by atoms with Gasteiger partial charge in [-0.05, 0) is 26.7 Å². The lowest BCUT2D eigenvalue weighted by Gasteiger charge is -2.04. The largest absolute Gasteiger partial charge is 0.461 e. The number of carbonyl (C=O) groups is 1. The summed E-state index contributed by atoms with van der Waals surface area (Å²) in [6.45, 7) is 4.09. The summed E-state index contributed by atoms with van der Waals surface area (Å²) < 4.78 is 6.57. The van der Waals surface area contributed by atoms with E-state index in [4.69, 9.17) is 10.5 Å². The van der Waals surface area contributed by atoms with E-state index in [-0.39, 0.29) is 12.0 Å². The zero-order chi connectivity index (χ0) is 12.1. The van der Waals surface area contributed by atoms with Gasteiger partial charge in [-0.25, -0.2) is 4.79 Å². The highest BCUT2D eigenvalue weighted by atomic mass is 16.5. The maximum atomic E-state index is 11.6. The quantitative estimate of drug-likeness (QED) is 0.755. The number of hydrogen-bond acceptors (Lipinski definition) is 4. The minimum absolute atomic E-state index is 0.121. The Labute approximate surface area is 95.6 Å². The van der Waals surface area contributed by atoms with Gasteiger partial charge in [0, 0.05) is 24.8 Å². The molecule has 0 aliphatic heterocycles. The van der Waals surface area contributed by atoms with Gasteiger partial charge in [-0.3, -0.25) is 4.68 Å². The number of aromatic nitrogens is 2. The number of aryl methyl sites for hydroxylation is 2. The van der Waals surface area contributed by atoms with E-state index in [0.717, 1.165) is 18.4 Å². The molecule has 0 spiro atoms. The van der Waals surface area contributed by atoms with E-state index in [1.165, 1.54) is 0 Å². The first-order chi connectivity index (χ1) is 7.54. The summed E-state index contributed by atoms with van der Waals surface area (Å²) >= 11 is 0. The van der Waals surface area contributed by atoms with Gasteiger partial charge in [-0.15, -0.1) is 0 Å². The topological polar surface area (TPSA) is 70.1 Å². The third-order valence-electron chi connectivity index (χ3n) is 2.24. The normalized spacial score (nSPS) is 12.5. The minimum atomic E-state index is -0.359. The molecule has 0 bridgehead atoms. The van der Waals surface area contributed by atoms with E-state index >= 15 is 0 Å². The molecule has 1 heterocycles. The van der Waals surface area contributed by atoms with Crippen molar-refractivity contribution in [3.05, 3.63) is 17.5 Å². The van der Waals surface area contributed by atoms with E-state index in [2.05, 4.69) is 5.10 Å². The Hall–Kier alpha value is -1.36. The maximum absolute atomic E-state index is 11.6. The van der Waals surface area contributed by atoms with E-state index in [9.17, 15) is 4.79 Å². The van der Waals surface area contributed by atoms with Gasteiger partial charge >= 0.3 is 5.97 Å². The van der Waals surface area contributed by atoms with Gasteiger partial charge in [0.1, 0.15) is 0 Å². The first-order valence-corrected chi connectivity index (χ1v) is 5.49. The summed E-state index contributed by atoms with van der Waals surface area (Å²) in [6, 6.07) is 0.121. The van der Waals surface area contributed by atoms with Crippen molar-refractivity contribution in [2.24, 2.45) is 12.8 Å². The second-order valence-electron chi connectivity index (χ2n) is 3.91. The van der Waals surface area contributed by atoms with Crippen molar-refractivity contribution < 1.29 is 9.53 Å². The molecule has 0 saturated heterocycles. The van der Waals surface area contributed by atoms with Gasteiger partial charge in [0.25, 0.3) is 0 Å². The highest BCUT2D eigenvalue weighted by Crippen LogP contribution is 2.11. The second kappa shape index (κ2) is 5.65. The minimum Gasteiger partial charge on any atom is -0.461 e. The predicted molar refractivity (Wildman–Crippen MR) is 61.1 cm³/mol. The molecular weight excluding hydrogens is 206 g/mol. The van der Waals surface area contributed by atoms with Gasteiger partial charge in [0.15, 0.2) is 5.69 Å².